The molecule has 0 spiro atoms. The lowest BCUT2D eigenvalue weighted by molar-refractivity contribution is 0.525. The molecular formula is C14H17F2N3. The standard InChI is InChI=1S/C14H17F2N3/c1-3-9(2)17-8-14-18-7-13(19-14)10-4-11(15)6-12(16)5-10/h4-7,9,17H,3,8H2,1-2H3,(H,18,19). The third-order valence-corrected chi connectivity index (χ3v) is 3.03. The monoisotopic (exact) mass is 265 g/mol. The van der Waals surface area contributed by atoms with Gasteiger partial charge in [-0.15, -0.1) is 0 Å². The molecule has 2 N–H and O–H groups in total. The lowest BCUT2D eigenvalue weighted by atomic mass is 10.1. The minimum absolute atomic E-state index is 0.403. The van der Waals surface area contributed by atoms with Crippen LogP contribution in [-0.2, 0) is 6.54 Å². The van der Waals surface area contributed by atoms with Crippen LogP contribution in [0.4, 0.5) is 8.78 Å². The molecule has 0 saturated heterocycles. The minimum atomic E-state index is -0.594. The molecule has 3 nitrogen and oxygen atoms in total. The molecule has 2 aromatic rings. The van der Waals surface area contributed by atoms with Crippen LogP contribution >= 0.6 is 0 Å². The zero-order valence-corrected chi connectivity index (χ0v) is 11.0. The van der Waals surface area contributed by atoms with E-state index >= 15 is 0 Å². The van der Waals surface area contributed by atoms with Gasteiger partial charge in [-0.1, -0.05) is 6.92 Å². The fraction of sp³-hybridized carbons (Fsp3) is 0.357. The molecule has 1 unspecified atom stereocenters. The van der Waals surface area contributed by atoms with Crippen LogP contribution in [0.1, 0.15) is 26.1 Å². The van der Waals surface area contributed by atoms with Crippen molar-refractivity contribution < 1.29 is 8.78 Å². The maximum atomic E-state index is 13.1. The minimum Gasteiger partial charge on any atom is -0.341 e. The lowest BCUT2D eigenvalue weighted by Gasteiger charge is -2.08. The van der Waals surface area contributed by atoms with E-state index in [9.17, 15) is 8.78 Å². The molecule has 0 fully saturated rings. The molecule has 0 saturated carbocycles. The van der Waals surface area contributed by atoms with Gasteiger partial charge < -0.3 is 10.3 Å². The van der Waals surface area contributed by atoms with Crippen molar-refractivity contribution in [1.82, 2.24) is 15.3 Å². The largest absolute Gasteiger partial charge is 0.341 e. The van der Waals surface area contributed by atoms with Crippen LogP contribution in [-0.4, -0.2) is 16.0 Å². The first-order valence-electron chi connectivity index (χ1n) is 6.32. The van der Waals surface area contributed by atoms with Crippen LogP contribution in [0.5, 0.6) is 0 Å². The van der Waals surface area contributed by atoms with Gasteiger partial charge in [0.25, 0.3) is 0 Å². The average molecular weight is 265 g/mol. The van der Waals surface area contributed by atoms with Crippen molar-refractivity contribution in [3.8, 4) is 11.3 Å². The van der Waals surface area contributed by atoms with Gasteiger partial charge in [0, 0.05) is 17.7 Å². The molecule has 0 aliphatic carbocycles. The van der Waals surface area contributed by atoms with Crippen molar-refractivity contribution in [3.63, 3.8) is 0 Å². The number of nitrogens with zero attached hydrogens (tertiary/aromatic N) is 1. The number of aromatic amines is 1. The number of imidazole rings is 1. The normalized spacial score (nSPS) is 12.6. The highest BCUT2D eigenvalue weighted by Gasteiger charge is 2.07. The predicted molar refractivity (Wildman–Crippen MR) is 70.5 cm³/mol. The Balaban J connectivity index is 2.12. The predicted octanol–water partition coefficient (Wildman–Crippen LogP) is 3.24. The number of H-pyrrole nitrogens is 1. The number of halogens is 2. The Morgan fingerprint density at radius 3 is 2.58 bits per heavy atom. The molecule has 5 heteroatoms. The first-order chi connectivity index (χ1) is 9.08. The Hall–Kier alpha value is -1.75. The number of nitrogens with one attached hydrogen (secondary N) is 2. The van der Waals surface area contributed by atoms with E-state index < -0.39 is 11.6 Å². The molecule has 0 bridgehead atoms. The first-order valence-corrected chi connectivity index (χ1v) is 6.32. The highest BCUT2D eigenvalue weighted by atomic mass is 19.1. The van der Waals surface area contributed by atoms with Gasteiger partial charge in [0.05, 0.1) is 18.4 Å². The summed E-state index contributed by atoms with van der Waals surface area (Å²) < 4.78 is 26.3. The number of rotatable bonds is 5. The zero-order valence-electron chi connectivity index (χ0n) is 11.0. The third-order valence-electron chi connectivity index (χ3n) is 3.03. The summed E-state index contributed by atoms with van der Waals surface area (Å²) in [4.78, 5) is 7.25. The van der Waals surface area contributed by atoms with E-state index in [0.29, 0.717) is 23.8 Å². The van der Waals surface area contributed by atoms with Crippen molar-refractivity contribution in [3.05, 3.63) is 41.9 Å². The SMILES string of the molecule is CCC(C)NCc1ncc(-c2cc(F)cc(F)c2)[nH]1. The third kappa shape index (κ3) is 3.61. The van der Waals surface area contributed by atoms with Crippen molar-refractivity contribution >= 4 is 0 Å². The van der Waals surface area contributed by atoms with E-state index in [1.807, 2.05) is 0 Å². The van der Waals surface area contributed by atoms with Crippen molar-refractivity contribution in [2.45, 2.75) is 32.9 Å². The summed E-state index contributed by atoms with van der Waals surface area (Å²) in [6.07, 6.45) is 2.62. The van der Waals surface area contributed by atoms with Gasteiger partial charge in [0.1, 0.15) is 17.5 Å². The smallest absolute Gasteiger partial charge is 0.126 e. The highest BCUT2D eigenvalue weighted by molar-refractivity contribution is 5.58. The average Bonchev–Trinajstić information content (AvgIpc) is 2.83. The summed E-state index contributed by atoms with van der Waals surface area (Å²) in [5, 5.41) is 3.29. The highest BCUT2D eigenvalue weighted by Crippen LogP contribution is 2.19. The van der Waals surface area contributed by atoms with E-state index in [2.05, 4.69) is 29.1 Å². The molecule has 0 amide bonds. The van der Waals surface area contributed by atoms with Crippen LogP contribution in [0.2, 0.25) is 0 Å². The van der Waals surface area contributed by atoms with Crippen molar-refractivity contribution in [2.75, 3.05) is 0 Å². The van der Waals surface area contributed by atoms with Crippen molar-refractivity contribution in [2.24, 2.45) is 0 Å². The van der Waals surface area contributed by atoms with E-state index in [1.54, 1.807) is 6.20 Å². The van der Waals surface area contributed by atoms with Gasteiger partial charge in [-0.3, -0.25) is 0 Å². The van der Waals surface area contributed by atoms with Crippen LogP contribution in [0.3, 0.4) is 0 Å². The summed E-state index contributed by atoms with van der Waals surface area (Å²) >= 11 is 0. The van der Waals surface area contributed by atoms with Gasteiger partial charge >= 0.3 is 0 Å². The van der Waals surface area contributed by atoms with E-state index in [1.165, 1.54) is 12.1 Å². The summed E-state index contributed by atoms with van der Waals surface area (Å²) in [5.74, 6) is -0.437. The number of benzene rings is 1. The number of hydrogen-bond acceptors (Lipinski definition) is 2. The van der Waals surface area contributed by atoms with Gasteiger partial charge in [0.2, 0.25) is 0 Å². The molecule has 0 radical (unpaired) electrons. The molecule has 1 atom stereocenters. The van der Waals surface area contributed by atoms with E-state index in [0.717, 1.165) is 18.3 Å². The summed E-state index contributed by atoms with van der Waals surface area (Å²) in [7, 11) is 0. The fourth-order valence-electron chi connectivity index (χ4n) is 1.72. The van der Waals surface area contributed by atoms with Gasteiger partial charge in [-0.2, -0.15) is 0 Å². The molecule has 19 heavy (non-hydrogen) atoms. The maximum absolute atomic E-state index is 13.1. The molecule has 102 valence electrons. The second-order valence-corrected chi connectivity index (χ2v) is 4.59. The molecule has 2 rings (SSSR count). The Morgan fingerprint density at radius 2 is 1.95 bits per heavy atom. The van der Waals surface area contributed by atoms with Crippen molar-refractivity contribution in [1.29, 1.82) is 0 Å². The van der Waals surface area contributed by atoms with Crippen LogP contribution < -0.4 is 5.32 Å². The lowest BCUT2D eigenvalue weighted by Crippen LogP contribution is -2.24. The number of aromatic nitrogens is 2. The quantitative estimate of drug-likeness (QED) is 0.871. The molecular weight excluding hydrogens is 248 g/mol. The maximum Gasteiger partial charge on any atom is 0.126 e. The first kappa shape index (κ1) is 13.7. The van der Waals surface area contributed by atoms with Gasteiger partial charge in [0.15, 0.2) is 0 Å². The summed E-state index contributed by atoms with van der Waals surface area (Å²) in [6.45, 7) is 4.79. The van der Waals surface area contributed by atoms with Gasteiger partial charge in [-0.05, 0) is 25.5 Å². The van der Waals surface area contributed by atoms with Crippen LogP contribution in [0, 0.1) is 11.6 Å². The summed E-state index contributed by atoms with van der Waals surface area (Å²) in [6, 6.07) is 3.82. The van der Waals surface area contributed by atoms with Gasteiger partial charge in [-0.25, -0.2) is 13.8 Å². The molecule has 0 aliphatic rings. The fourth-order valence-corrected chi connectivity index (χ4v) is 1.72. The Kier molecular flexibility index (Phi) is 4.27. The molecule has 1 aromatic heterocycles. The molecule has 1 aromatic carbocycles. The van der Waals surface area contributed by atoms with E-state index in [-0.39, 0.29) is 0 Å². The second kappa shape index (κ2) is 5.93. The molecule has 0 aliphatic heterocycles. The summed E-state index contributed by atoms with van der Waals surface area (Å²) in [5.41, 5.74) is 1.07. The van der Waals surface area contributed by atoms with Crippen LogP contribution in [0.25, 0.3) is 11.3 Å². The molecule has 1 heterocycles. The zero-order chi connectivity index (χ0) is 13.8. The van der Waals surface area contributed by atoms with Crippen LogP contribution in [0.15, 0.2) is 24.4 Å². The second-order valence-electron chi connectivity index (χ2n) is 4.59. The topological polar surface area (TPSA) is 40.7 Å². The Bertz CT molecular complexity index is 531. The Morgan fingerprint density at radius 1 is 1.26 bits per heavy atom. The number of hydrogen-bond donors (Lipinski definition) is 2. The van der Waals surface area contributed by atoms with E-state index in [4.69, 9.17) is 0 Å². The Labute approximate surface area is 111 Å².